The minimum atomic E-state index is -1.23. The highest BCUT2D eigenvalue weighted by Gasteiger charge is 2.35. The molecule has 0 radical (unpaired) electrons. The predicted molar refractivity (Wildman–Crippen MR) is 94.6 cm³/mol. The van der Waals surface area contributed by atoms with Crippen molar-refractivity contribution in [2.24, 2.45) is 0 Å². The molecule has 7 heteroatoms. The summed E-state index contributed by atoms with van der Waals surface area (Å²) in [6.07, 6.45) is 0.449. The van der Waals surface area contributed by atoms with Gasteiger partial charge in [0.15, 0.2) is 5.92 Å². The number of H-pyrrole nitrogens is 1. The molecule has 2 aromatic rings. The molecule has 0 atom stereocenters. The minimum absolute atomic E-state index is 0.129. The summed E-state index contributed by atoms with van der Waals surface area (Å²) in [6.45, 7) is 3.63. The first-order valence-electron chi connectivity index (χ1n) is 8.53. The van der Waals surface area contributed by atoms with Crippen LogP contribution in [0.3, 0.4) is 0 Å². The van der Waals surface area contributed by atoms with E-state index in [-0.39, 0.29) is 25.6 Å². The van der Waals surface area contributed by atoms with Gasteiger partial charge < -0.3 is 19.2 Å². The molecule has 0 aliphatic carbocycles. The number of nitrogens with one attached hydrogen (secondary N) is 1. The lowest BCUT2D eigenvalue weighted by Gasteiger charge is -2.15. The van der Waals surface area contributed by atoms with Crippen molar-refractivity contribution in [2.75, 3.05) is 20.3 Å². The van der Waals surface area contributed by atoms with Gasteiger partial charge in [0.1, 0.15) is 0 Å². The molecule has 1 aromatic heterocycles. The molecule has 1 N–H and O–H groups in total. The monoisotopic (exact) mass is 361 g/mol. The molecule has 0 unspecified atom stereocenters. The number of para-hydroxylation sites is 1. The molecule has 0 bridgehead atoms. The molecule has 26 heavy (non-hydrogen) atoms. The topological polar surface area (TPSA) is 94.7 Å². The number of aromatic amines is 1. The number of benzene rings is 1. The van der Waals surface area contributed by atoms with E-state index in [1.54, 1.807) is 13.8 Å². The number of carbonyl (C=O) groups is 3. The van der Waals surface area contributed by atoms with Crippen molar-refractivity contribution in [3.05, 3.63) is 35.5 Å². The summed E-state index contributed by atoms with van der Waals surface area (Å²) in [7, 11) is 1.32. The molecular weight excluding hydrogens is 338 g/mol. The molecule has 0 amide bonds. The van der Waals surface area contributed by atoms with Gasteiger partial charge in [-0.15, -0.1) is 0 Å². The average molecular weight is 361 g/mol. The van der Waals surface area contributed by atoms with Gasteiger partial charge in [0.2, 0.25) is 0 Å². The molecule has 0 fully saturated rings. The highest BCUT2D eigenvalue weighted by atomic mass is 16.6. The lowest BCUT2D eigenvalue weighted by molar-refractivity contribution is -0.157. The van der Waals surface area contributed by atoms with Crippen molar-refractivity contribution in [1.82, 2.24) is 4.98 Å². The standard InChI is InChI=1S/C19H23NO6/c1-4-25-18(22)16(19(23)26-5-2)17-13(10-11-15(21)24-3)12-8-6-7-9-14(12)20-17/h6-9,16,20H,4-5,10-11H2,1-3H3. The Labute approximate surface area is 151 Å². The lowest BCUT2D eigenvalue weighted by atomic mass is 9.97. The highest BCUT2D eigenvalue weighted by molar-refractivity contribution is 6.02. The Morgan fingerprint density at radius 2 is 1.65 bits per heavy atom. The smallest absolute Gasteiger partial charge is 0.326 e. The van der Waals surface area contributed by atoms with Gasteiger partial charge in [0.25, 0.3) is 0 Å². The largest absolute Gasteiger partial charge is 0.469 e. The van der Waals surface area contributed by atoms with E-state index >= 15 is 0 Å². The summed E-state index contributed by atoms with van der Waals surface area (Å²) in [6, 6.07) is 7.41. The van der Waals surface area contributed by atoms with Crippen LogP contribution in [0.1, 0.15) is 37.4 Å². The van der Waals surface area contributed by atoms with E-state index < -0.39 is 17.9 Å². The van der Waals surface area contributed by atoms with Crippen molar-refractivity contribution in [2.45, 2.75) is 32.6 Å². The van der Waals surface area contributed by atoms with Crippen molar-refractivity contribution in [1.29, 1.82) is 0 Å². The minimum Gasteiger partial charge on any atom is -0.469 e. The van der Waals surface area contributed by atoms with E-state index in [4.69, 9.17) is 14.2 Å². The Balaban J connectivity index is 2.53. The maximum Gasteiger partial charge on any atom is 0.326 e. The SMILES string of the molecule is CCOC(=O)C(C(=O)OCC)c1[nH]c2ccccc2c1CCC(=O)OC. The summed E-state index contributed by atoms with van der Waals surface area (Å²) in [5, 5.41) is 0.838. The molecule has 0 saturated carbocycles. The van der Waals surface area contributed by atoms with Crippen molar-refractivity contribution in [3.8, 4) is 0 Å². The van der Waals surface area contributed by atoms with Gasteiger partial charge in [-0.1, -0.05) is 18.2 Å². The Morgan fingerprint density at radius 1 is 1.04 bits per heavy atom. The second kappa shape index (κ2) is 9.03. The average Bonchev–Trinajstić information content (AvgIpc) is 2.98. The van der Waals surface area contributed by atoms with Gasteiger partial charge in [0, 0.05) is 23.0 Å². The van der Waals surface area contributed by atoms with E-state index in [1.807, 2.05) is 24.3 Å². The molecule has 1 aromatic carbocycles. The van der Waals surface area contributed by atoms with Crippen LogP contribution in [0, 0.1) is 0 Å². The summed E-state index contributed by atoms with van der Waals surface area (Å²) < 4.78 is 14.8. The zero-order chi connectivity index (χ0) is 19.1. The maximum atomic E-state index is 12.4. The van der Waals surface area contributed by atoms with Crippen molar-refractivity contribution < 1.29 is 28.6 Å². The third kappa shape index (κ3) is 4.22. The van der Waals surface area contributed by atoms with Crippen LogP contribution < -0.4 is 0 Å². The number of ether oxygens (including phenoxy) is 3. The fourth-order valence-corrected chi connectivity index (χ4v) is 2.85. The quantitative estimate of drug-likeness (QED) is 0.441. The summed E-state index contributed by atoms with van der Waals surface area (Å²) in [5.74, 6) is -2.96. The fraction of sp³-hybridized carbons (Fsp3) is 0.421. The number of methoxy groups -OCH3 is 1. The molecule has 0 spiro atoms. The molecule has 140 valence electrons. The molecular formula is C19H23NO6. The Morgan fingerprint density at radius 3 is 2.23 bits per heavy atom. The Bertz CT molecular complexity index is 776. The molecule has 0 saturated heterocycles. The highest BCUT2D eigenvalue weighted by Crippen LogP contribution is 2.31. The maximum absolute atomic E-state index is 12.4. The van der Waals surface area contributed by atoms with Gasteiger partial charge in [-0.2, -0.15) is 0 Å². The van der Waals surface area contributed by atoms with E-state index in [0.717, 1.165) is 10.9 Å². The van der Waals surface area contributed by atoms with E-state index in [2.05, 4.69) is 4.98 Å². The van der Waals surface area contributed by atoms with Crippen LogP contribution in [0.4, 0.5) is 0 Å². The molecule has 7 nitrogen and oxygen atoms in total. The van der Waals surface area contributed by atoms with E-state index in [1.165, 1.54) is 7.11 Å². The zero-order valence-corrected chi connectivity index (χ0v) is 15.2. The van der Waals surface area contributed by atoms with Crippen LogP contribution >= 0.6 is 0 Å². The van der Waals surface area contributed by atoms with Gasteiger partial charge in [-0.25, -0.2) is 0 Å². The second-order valence-corrected chi connectivity index (χ2v) is 5.58. The lowest BCUT2D eigenvalue weighted by Crippen LogP contribution is -2.27. The first-order valence-corrected chi connectivity index (χ1v) is 8.53. The first kappa shape index (κ1) is 19.5. The zero-order valence-electron chi connectivity index (χ0n) is 15.2. The third-order valence-corrected chi connectivity index (χ3v) is 3.99. The number of aryl methyl sites for hydroxylation is 1. The van der Waals surface area contributed by atoms with Crippen LogP contribution in [0.25, 0.3) is 10.9 Å². The fourth-order valence-electron chi connectivity index (χ4n) is 2.85. The van der Waals surface area contributed by atoms with Crippen LogP contribution in [0.2, 0.25) is 0 Å². The number of hydrogen-bond donors (Lipinski definition) is 1. The summed E-state index contributed by atoms with van der Waals surface area (Å²) in [4.78, 5) is 39.6. The summed E-state index contributed by atoms with van der Waals surface area (Å²) in [5.41, 5.74) is 1.87. The van der Waals surface area contributed by atoms with Crippen LogP contribution in [0.5, 0.6) is 0 Å². The Kier molecular flexibility index (Phi) is 6.77. The van der Waals surface area contributed by atoms with Gasteiger partial charge in [0.05, 0.1) is 20.3 Å². The Hall–Kier alpha value is -2.83. The van der Waals surface area contributed by atoms with E-state index in [0.29, 0.717) is 17.7 Å². The molecule has 1 heterocycles. The predicted octanol–water partition coefficient (Wildman–Crippen LogP) is 2.48. The van der Waals surface area contributed by atoms with Crippen LogP contribution in [-0.4, -0.2) is 43.2 Å². The van der Waals surface area contributed by atoms with E-state index in [9.17, 15) is 14.4 Å². The third-order valence-electron chi connectivity index (χ3n) is 3.99. The first-order chi connectivity index (χ1) is 12.5. The number of rotatable bonds is 8. The van der Waals surface area contributed by atoms with Crippen molar-refractivity contribution >= 4 is 28.8 Å². The molecule has 2 rings (SSSR count). The van der Waals surface area contributed by atoms with Crippen LogP contribution in [-0.2, 0) is 35.0 Å². The molecule has 0 aliphatic heterocycles. The number of carbonyl (C=O) groups excluding carboxylic acids is 3. The van der Waals surface area contributed by atoms with Gasteiger partial charge in [-0.05, 0) is 31.9 Å². The molecule has 0 aliphatic rings. The normalized spacial score (nSPS) is 10.8. The second-order valence-electron chi connectivity index (χ2n) is 5.58. The number of aromatic nitrogens is 1. The summed E-state index contributed by atoms with van der Waals surface area (Å²) >= 11 is 0. The number of hydrogen-bond acceptors (Lipinski definition) is 6. The number of esters is 3. The van der Waals surface area contributed by atoms with Gasteiger partial charge >= 0.3 is 17.9 Å². The van der Waals surface area contributed by atoms with Crippen molar-refractivity contribution in [3.63, 3.8) is 0 Å². The number of fused-ring (bicyclic) bond motifs is 1. The van der Waals surface area contributed by atoms with Crippen LogP contribution in [0.15, 0.2) is 24.3 Å². The van der Waals surface area contributed by atoms with Gasteiger partial charge in [-0.3, -0.25) is 14.4 Å².